The Hall–Kier alpha value is -2.28. The number of carbonyl (C=O) groups excluding carboxylic acids is 1. The number of methoxy groups -OCH3 is 1. The lowest BCUT2D eigenvalue weighted by Crippen LogP contribution is -2.59. The third-order valence-corrected chi connectivity index (χ3v) is 6.03. The van der Waals surface area contributed by atoms with E-state index in [1.54, 1.807) is 7.11 Å². The number of ketones is 1. The molecule has 1 fully saturated rings. The molecule has 1 aliphatic heterocycles. The van der Waals surface area contributed by atoms with Crippen molar-refractivity contribution < 1.29 is 19.0 Å². The normalized spacial score (nSPS) is 22.3. The molecule has 2 aromatic rings. The summed E-state index contributed by atoms with van der Waals surface area (Å²) in [5.41, 5.74) is 0.457. The highest BCUT2D eigenvalue weighted by atomic mass is 19.1. The molecule has 0 aliphatic carbocycles. The van der Waals surface area contributed by atoms with Gasteiger partial charge in [-0.2, -0.15) is 0 Å². The van der Waals surface area contributed by atoms with Crippen molar-refractivity contribution in [2.75, 3.05) is 40.8 Å². The third-order valence-electron chi connectivity index (χ3n) is 6.03. The zero-order valence-corrected chi connectivity index (χ0v) is 18.0. The summed E-state index contributed by atoms with van der Waals surface area (Å²) in [5.74, 6) is 0.433. The molecule has 2 unspecified atom stereocenters. The summed E-state index contributed by atoms with van der Waals surface area (Å²) in [6, 6.07) is 13.3. The van der Waals surface area contributed by atoms with Crippen LogP contribution in [0.4, 0.5) is 4.39 Å². The Balaban J connectivity index is 1.61. The number of likely N-dealkylation sites (tertiary alicyclic amines) is 1. The second kappa shape index (κ2) is 9.69. The van der Waals surface area contributed by atoms with E-state index in [9.17, 15) is 14.3 Å². The summed E-state index contributed by atoms with van der Waals surface area (Å²) in [6.07, 6.45) is 1.76. The standard InChI is InChI=1S/C24H31FN2O3/c1-26(2)23-17-27(14-5-8-22(28)18-9-11-20(25)12-10-18)15-13-24(23,29)19-6-4-7-21(16-19)30-3/h4,6-7,9-12,16,23,29H,5,8,13-15,17H2,1-3H3. The van der Waals surface area contributed by atoms with Gasteiger partial charge in [0.05, 0.1) is 13.2 Å². The Labute approximate surface area is 178 Å². The van der Waals surface area contributed by atoms with Crippen molar-refractivity contribution >= 4 is 5.78 Å². The van der Waals surface area contributed by atoms with Gasteiger partial charge < -0.3 is 19.6 Å². The van der Waals surface area contributed by atoms with Crippen LogP contribution in [0, 0.1) is 5.82 Å². The molecular weight excluding hydrogens is 383 g/mol. The molecular formula is C24H31FN2O3. The maximum atomic E-state index is 13.0. The van der Waals surface area contributed by atoms with Crippen LogP contribution in [0.1, 0.15) is 35.2 Å². The number of ether oxygens (including phenoxy) is 1. The monoisotopic (exact) mass is 414 g/mol. The average molecular weight is 415 g/mol. The third kappa shape index (κ3) is 5.06. The average Bonchev–Trinajstić information content (AvgIpc) is 2.75. The number of likely N-dealkylation sites (N-methyl/N-ethyl adjacent to an activating group) is 1. The minimum Gasteiger partial charge on any atom is -0.497 e. The lowest BCUT2D eigenvalue weighted by atomic mass is 9.79. The molecule has 1 heterocycles. The van der Waals surface area contributed by atoms with Crippen molar-refractivity contribution in [3.05, 3.63) is 65.5 Å². The zero-order valence-electron chi connectivity index (χ0n) is 18.0. The predicted molar refractivity (Wildman–Crippen MR) is 115 cm³/mol. The van der Waals surface area contributed by atoms with E-state index in [0.29, 0.717) is 24.9 Å². The first kappa shape index (κ1) is 22.4. The van der Waals surface area contributed by atoms with E-state index in [4.69, 9.17) is 4.74 Å². The van der Waals surface area contributed by atoms with Crippen molar-refractivity contribution in [1.82, 2.24) is 9.80 Å². The number of Topliss-reactive ketones (excluding diaryl/α,β-unsaturated/α-hetero) is 1. The van der Waals surface area contributed by atoms with E-state index in [2.05, 4.69) is 9.80 Å². The van der Waals surface area contributed by atoms with Crippen LogP contribution in [0.15, 0.2) is 48.5 Å². The molecule has 0 aromatic heterocycles. The van der Waals surface area contributed by atoms with Gasteiger partial charge in [0.25, 0.3) is 0 Å². The van der Waals surface area contributed by atoms with Crippen LogP contribution in [0.25, 0.3) is 0 Å². The first-order valence-corrected chi connectivity index (χ1v) is 10.4. The van der Waals surface area contributed by atoms with Crippen molar-refractivity contribution in [3.63, 3.8) is 0 Å². The van der Waals surface area contributed by atoms with E-state index in [0.717, 1.165) is 30.8 Å². The zero-order chi connectivity index (χ0) is 21.7. The highest BCUT2D eigenvalue weighted by Crippen LogP contribution is 2.36. The Kier molecular flexibility index (Phi) is 7.23. The van der Waals surface area contributed by atoms with Crippen LogP contribution in [-0.4, -0.2) is 67.6 Å². The summed E-state index contributed by atoms with van der Waals surface area (Å²) < 4.78 is 18.4. The molecule has 0 bridgehead atoms. The lowest BCUT2D eigenvalue weighted by Gasteiger charge is -2.47. The van der Waals surface area contributed by atoms with Crippen molar-refractivity contribution in [3.8, 4) is 5.75 Å². The molecule has 3 rings (SSSR count). The fourth-order valence-corrected chi connectivity index (χ4v) is 4.25. The molecule has 0 spiro atoms. The van der Waals surface area contributed by atoms with Crippen molar-refractivity contribution in [2.24, 2.45) is 0 Å². The SMILES string of the molecule is COc1cccc(C2(O)CCN(CCCC(=O)c3ccc(F)cc3)CC2N(C)C)c1. The molecule has 1 saturated heterocycles. The highest BCUT2D eigenvalue weighted by Gasteiger charge is 2.44. The molecule has 5 nitrogen and oxygen atoms in total. The van der Waals surface area contributed by atoms with Crippen molar-refractivity contribution in [2.45, 2.75) is 30.9 Å². The first-order chi connectivity index (χ1) is 14.3. The van der Waals surface area contributed by atoms with E-state index in [-0.39, 0.29) is 17.6 Å². The summed E-state index contributed by atoms with van der Waals surface area (Å²) >= 11 is 0. The van der Waals surface area contributed by atoms with Gasteiger partial charge in [-0.25, -0.2) is 4.39 Å². The van der Waals surface area contributed by atoms with E-state index < -0.39 is 5.60 Å². The molecule has 6 heteroatoms. The molecule has 1 aliphatic rings. The second-order valence-electron chi connectivity index (χ2n) is 8.22. The predicted octanol–water partition coefficient (Wildman–Crippen LogP) is 3.32. The van der Waals surface area contributed by atoms with Crippen LogP contribution in [0.3, 0.4) is 0 Å². The van der Waals surface area contributed by atoms with Gasteiger partial charge >= 0.3 is 0 Å². The molecule has 162 valence electrons. The summed E-state index contributed by atoms with van der Waals surface area (Å²) in [7, 11) is 5.59. The fraction of sp³-hybridized carbons (Fsp3) is 0.458. The Morgan fingerprint density at radius 3 is 2.67 bits per heavy atom. The Morgan fingerprint density at radius 1 is 1.27 bits per heavy atom. The Morgan fingerprint density at radius 2 is 2.00 bits per heavy atom. The number of aliphatic hydroxyl groups is 1. The Bertz CT molecular complexity index is 856. The van der Waals surface area contributed by atoms with Crippen LogP contribution >= 0.6 is 0 Å². The largest absolute Gasteiger partial charge is 0.497 e. The molecule has 0 saturated carbocycles. The van der Waals surface area contributed by atoms with Gasteiger partial charge in [-0.05, 0) is 75.4 Å². The van der Waals surface area contributed by atoms with Gasteiger partial charge in [-0.3, -0.25) is 4.79 Å². The number of nitrogens with zero attached hydrogens (tertiary/aromatic N) is 2. The lowest BCUT2D eigenvalue weighted by molar-refractivity contribution is -0.0878. The number of halogens is 1. The number of benzene rings is 2. The van der Waals surface area contributed by atoms with E-state index in [1.165, 1.54) is 24.3 Å². The van der Waals surface area contributed by atoms with Crippen LogP contribution in [-0.2, 0) is 5.60 Å². The maximum absolute atomic E-state index is 13.0. The van der Waals surface area contributed by atoms with Gasteiger partial charge in [-0.15, -0.1) is 0 Å². The van der Waals surface area contributed by atoms with Crippen LogP contribution in [0.2, 0.25) is 0 Å². The van der Waals surface area contributed by atoms with Gasteiger partial charge in [0, 0.05) is 25.1 Å². The number of hydrogen-bond donors (Lipinski definition) is 1. The summed E-state index contributed by atoms with van der Waals surface area (Å²) in [5, 5.41) is 11.6. The second-order valence-corrected chi connectivity index (χ2v) is 8.22. The molecule has 2 aromatic carbocycles. The van der Waals surface area contributed by atoms with E-state index in [1.807, 2.05) is 38.4 Å². The number of hydrogen-bond acceptors (Lipinski definition) is 5. The topological polar surface area (TPSA) is 53.0 Å². The number of rotatable bonds is 8. The smallest absolute Gasteiger partial charge is 0.162 e. The van der Waals surface area contributed by atoms with Crippen LogP contribution in [0.5, 0.6) is 5.75 Å². The maximum Gasteiger partial charge on any atom is 0.162 e. The van der Waals surface area contributed by atoms with Gasteiger partial charge in [0.2, 0.25) is 0 Å². The molecule has 0 radical (unpaired) electrons. The highest BCUT2D eigenvalue weighted by molar-refractivity contribution is 5.95. The van der Waals surface area contributed by atoms with Gasteiger partial charge in [0.1, 0.15) is 17.2 Å². The molecule has 30 heavy (non-hydrogen) atoms. The van der Waals surface area contributed by atoms with E-state index >= 15 is 0 Å². The summed E-state index contributed by atoms with van der Waals surface area (Å²) in [6.45, 7) is 2.25. The summed E-state index contributed by atoms with van der Waals surface area (Å²) in [4.78, 5) is 16.7. The number of carbonyl (C=O) groups is 1. The number of piperidine rings is 1. The minimum absolute atomic E-state index is 0.0315. The first-order valence-electron chi connectivity index (χ1n) is 10.4. The minimum atomic E-state index is -0.960. The quantitative estimate of drug-likeness (QED) is 0.672. The van der Waals surface area contributed by atoms with Crippen molar-refractivity contribution in [1.29, 1.82) is 0 Å². The molecule has 0 amide bonds. The van der Waals surface area contributed by atoms with Gasteiger partial charge in [-0.1, -0.05) is 12.1 Å². The van der Waals surface area contributed by atoms with Crippen LogP contribution < -0.4 is 4.74 Å². The molecule has 2 atom stereocenters. The van der Waals surface area contributed by atoms with Gasteiger partial charge in [0.15, 0.2) is 5.78 Å². The molecule has 1 N–H and O–H groups in total. The fourth-order valence-electron chi connectivity index (χ4n) is 4.25.